The van der Waals surface area contributed by atoms with Gasteiger partial charge in [0.2, 0.25) is 5.91 Å². The Labute approximate surface area is 361 Å². The summed E-state index contributed by atoms with van der Waals surface area (Å²) < 4.78 is 5.43. The van der Waals surface area contributed by atoms with Crippen molar-refractivity contribution in [2.75, 3.05) is 13.2 Å². The molecular weight excluding hydrogens is 719 g/mol. The first kappa shape index (κ1) is 56.6. The third-order valence-electron chi connectivity index (χ3n) is 12.1. The summed E-state index contributed by atoms with van der Waals surface area (Å²) in [6.45, 7) is 4.90. The quantitative estimate of drug-likeness (QED) is 0.0323. The molecule has 3 N–H and O–H groups in total. The second kappa shape index (κ2) is 48.3. The predicted octanol–water partition coefficient (Wildman–Crippen LogP) is 15.3. The Kier molecular flexibility index (Phi) is 47.1. The first-order valence-corrected chi connectivity index (χ1v) is 25.9. The van der Waals surface area contributed by atoms with Gasteiger partial charge in [0, 0.05) is 12.8 Å². The maximum Gasteiger partial charge on any atom is 0.305 e. The van der Waals surface area contributed by atoms with Gasteiger partial charge in [-0.1, -0.05) is 225 Å². The lowest BCUT2D eigenvalue weighted by molar-refractivity contribution is -0.143. The van der Waals surface area contributed by atoms with Crippen molar-refractivity contribution in [2.45, 2.75) is 296 Å². The van der Waals surface area contributed by atoms with Crippen LogP contribution in [0.2, 0.25) is 0 Å². The summed E-state index contributed by atoms with van der Waals surface area (Å²) in [5.41, 5.74) is 0. The number of nitrogens with one attached hydrogen (secondary N) is 1. The number of hydrogen-bond donors (Lipinski definition) is 3. The van der Waals surface area contributed by atoms with E-state index in [9.17, 15) is 19.8 Å². The Morgan fingerprint density at radius 3 is 1.22 bits per heavy atom. The van der Waals surface area contributed by atoms with Crippen molar-refractivity contribution in [1.82, 2.24) is 5.32 Å². The lowest BCUT2D eigenvalue weighted by Crippen LogP contribution is -2.45. The number of allylic oxidation sites excluding steroid dienone is 2. The van der Waals surface area contributed by atoms with Crippen LogP contribution in [-0.4, -0.2) is 47.4 Å². The molecular formula is C52H101NO5. The van der Waals surface area contributed by atoms with Crippen molar-refractivity contribution in [3.05, 3.63) is 12.2 Å². The zero-order chi connectivity index (χ0) is 42.3. The van der Waals surface area contributed by atoms with Crippen LogP contribution in [0.15, 0.2) is 12.2 Å². The standard InChI is InChI=1S/C52H101NO5/c1-3-5-7-9-11-13-15-17-18-19-20-21-24-28-32-36-40-44-50(55)49(48-54)53-51(56)45-41-37-33-29-25-22-23-27-31-35-39-43-47-58-52(57)46-42-38-34-30-26-16-14-12-10-8-6-4-2/h23,27,49-50,54-55H,3-22,24-26,28-48H2,1-2H3,(H,53,56)/b27-23-. The van der Waals surface area contributed by atoms with Crippen LogP contribution >= 0.6 is 0 Å². The molecule has 6 heteroatoms. The summed E-state index contributed by atoms with van der Waals surface area (Å²) in [5, 5.41) is 23.2. The number of ether oxygens (including phenoxy) is 1. The molecule has 0 radical (unpaired) electrons. The van der Waals surface area contributed by atoms with E-state index >= 15 is 0 Å². The largest absolute Gasteiger partial charge is 0.466 e. The number of amides is 1. The zero-order valence-corrected chi connectivity index (χ0v) is 39.0. The number of unbranched alkanes of at least 4 members (excludes halogenated alkanes) is 35. The second-order valence-corrected chi connectivity index (χ2v) is 17.9. The van der Waals surface area contributed by atoms with Crippen LogP contribution in [0, 0.1) is 0 Å². The molecule has 0 aromatic carbocycles. The molecule has 2 unspecified atom stereocenters. The van der Waals surface area contributed by atoms with Gasteiger partial charge in [0.15, 0.2) is 0 Å². The first-order valence-electron chi connectivity index (χ1n) is 25.9. The molecule has 344 valence electrons. The zero-order valence-electron chi connectivity index (χ0n) is 39.0. The van der Waals surface area contributed by atoms with Crippen LogP contribution in [0.25, 0.3) is 0 Å². The van der Waals surface area contributed by atoms with E-state index in [1.807, 2.05) is 0 Å². The Balaban J connectivity index is 3.51. The maximum atomic E-state index is 12.4. The van der Waals surface area contributed by atoms with Gasteiger partial charge >= 0.3 is 5.97 Å². The molecule has 6 nitrogen and oxygen atoms in total. The van der Waals surface area contributed by atoms with Crippen molar-refractivity contribution < 1.29 is 24.5 Å². The second-order valence-electron chi connectivity index (χ2n) is 17.9. The van der Waals surface area contributed by atoms with Gasteiger partial charge in [-0.2, -0.15) is 0 Å². The van der Waals surface area contributed by atoms with Gasteiger partial charge in [0.05, 0.1) is 25.4 Å². The minimum atomic E-state index is -0.679. The molecule has 0 aliphatic carbocycles. The predicted molar refractivity (Wildman–Crippen MR) is 250 cm³/mol. The van der Waals surface area contributed by atoms with Gasteiger partial charge in [-0.15, -0.1) is 0 Å². The SMILES string of the molecule is CCCCCCCCCCCCCCCCCCCC(O)C(CO)NC(=O)CCCCCCC/C=C\CCCCCOC(=O)CCCCCCCCCCCCCC. The fraction of sp³-hybridized carbons (Fsp3) is 0.923. The maximum absolute atomic E-state index is 12.4. The summed E-state index contributed by atoms with van der Waals surface area (Å²) >= 11 is 0. The first-order chi connectivity index (χ1) is 28.5. The van der Waals surface area contributed by atoms with E-state index < -0.39 is 12.1 Å². The number of carbonyl (C=O) groups excluding carboxylic acids is 2. The van der Waals surface area contributed by atoms with E-state index in [1.165, 1.54) is 173 Å². The van der Waals surface area contributed by atoms with Gasteiger partial charge in [0.1, 0.15) is 0 Å². The molecule has 0 saturated carbocycles. The molecule has 0 spiro atoms. The van der Waals surface area contributed by atoms with Crippen molar-refractivity contribution >= 4 is 11.9 Å². The molecule has 0 heterocycles. The molecule has 1 amide bonds. The molecule has 0 aliphatic rings. The number of carbonyl (C=O) groups is 2. The third kappa shape index (κ3) is 44.2. The average Bonchev–Trinajstić information content (AvgIpc) is 3.22. The Morgan fingerprint density at radius 1 is 0.466 bits per heavy atom. The molecule has 0 fully saturated rings. The van der Waals surface area contributed by atoms with Crippen LogP contribution < -0.4 is 5.32 Å². The van der Waals surface area contributed by atoms with Crippen molar-refractivity contribution in [3.8, 4) is 0 Å². The summed E-state index contributed by atoms with van der Waals surface area (Å²) in [6.07, 6.45) is 54.6. The highest BCUT2D eigenvalue weighted by Gasteiger charge is 2.20. The van der Waals surface area contributed by atoms with Crippen molar-refractivity contribution in [1.29, 1.82) is 0 Å². The number of aliphatic hydroxyl groups is 2. The van der Waals surface area contributed by atoms with E-state index in [2.05, 4.69) is 31.3 Å². The van der Waals surface area contributed by atoms with E-state index in [1.54, 1.807) is 0 Å². The molecule has 2 atom stereocenters. The highest BCUT2D eigenvalue weighted by Crippen LogP contribution is 2.17. The lowest BCUT2D eigenvalue weighted by Gasteiger charge is -2.22. The van der Waals surface area contributed by atoms with Crippen LogP contribution in [-0.2, 0) is 14.3 Å². The summed E-state index contributed by atoms with van der Waals surface area (Å²) in [4.78, 5) is 24.4. The fourth-order valence-electron chi connectivity index (χ4n) is 8.05. The minimum absolute atomic E-state index is 0.0217. The molecule has 0 aliphatic heterocycles. The summed E-state index contributed by atoms with van der Waals surface area (Å²) in [5.74, 6) is -0.0805. The van der Waals surface area contributed by atoms with Crippen LogP contribution in [0.4, 0.5) is 0 Å². The topological polar surface area (TPSA) is 95.9 Å². The minimum Gasteiger partial charge on any atom is -0.466 e. The molecule has 0 aromatic heterocycles. The normalized spacial score (nSPS) is 12.7. The highest BCUT2D eigenvalue weighted by molar-refractivity contribution is 5.76. The number of esters is 1. The molecule has 0 saturated heterocycles. The summed E-state index contributed by atoms with van der Waals surface area (Å²) in [7, 11) is 0. The fourth-order valence-corrected chi connectivity index (χ4v) is 8.05. The number of rotatable bonds is 48. The molecule has 0 bridgehead atoms. The smallest absolute Gasteiger partial charge is 0.305 e. The average molecular weight is 820 g/mol. The van der Waals surface area contributed by atoms with Crippen LogP contribution in [0.3, 0.4) is 0 Å². The lowest BCUT2D eigenvalue weighted by atomic mass is 10.0. The van der Waals surface area contributed by atoms with Gasteiger partial charge in [-0.05, 0) is 57.8 Å². The van der Waals surface area contributed by atoms with Crippen molar-refractivity contribution in [2.24, 2.45) is 0 Å². The van der Waals surface area contributed by atoms with Gasteiger partial charge in [-0.3, -0.25) is 9.59 Å². The molecule has 58 heavy (non-hydrogen) atoms. The summed E-state index contributed by atoms with van der Waals surface area (Å²) in [6, 6.07) is -0.559. The van der Waals surface area contributed by atoms with Gasteiger partial charge in [0.25, 0.3) is 0 Å². The Morgan fingerprint density at radius 2 is 0.810 bits per heavy atom. The van der Waals surface area contributed by atoms with E-state index in [0.717, 1.165) is 77.0 Å². The third-order valence-corrected chi connectivity index (χ3v) is 12.1. The van der Waals surface area contributed by atoms with E-state index in [0.29, 0.717) is 25.9 Å². The number of hydrogen-bond acceptors (Lipinski definition) is 5. The van der Waals surface area contributed by atoms with Crippen LogP contribution in [0.5, 0.6) is 0 Å². The highest BCUT2D eigenvalue weighted by atomic mass is 16.5. The van der Waals surface area contributed by atoms with Crippen molar-refractivity contribution in [3.63, 3.8) is 0 Å². The Bertz CT molecular complexity index is 863. The molecule has 0 aromatic rings. The van der Waals surface area contributed by atoms with E-state index in [-0.39, 0.29) is 18.5 Å². The van der Waals surface area contributed by atoms with Gasteiger partial charge in [-0.25, -0.2) is 0 Å². The Hall–Kier alpha value is -1.40. The monoisotopic (exact) mass is 820 g/mol. The molecule has 0 rings (SSSR count). The van der Waals surface area contributed by atoms with Crippen LogP contribution in [0.1, 0.15) is 284 Å². The van der Waals surface area contributed by atoms with E-state index in [4.69, 9.17) is 4.74 Å². The number of aliphatic hydroxyl groups excluding tert-OH is 2. The van der Waals surface area contributed by atoms with Gasteiger partial charge < -0.3 is 20.3 Å².